The third-order valence-corrected chi connectivity index (χ3v) is 3.11. The highest BCUT2D eigenvalue weighted by atomic mass is 16.5. The minimum atomic E-state index is 0.606. The average molecular weight is 263 g/mol. The van der Waals surface area contributed by atoms with Crippen LogP contribution in [-0.2, 0) is 4.74 Å². The molecule has 0 unspecified atom stereocenters. The normalized spacial score (nSPS) is 16.8. The van der Waals surface area contributed by atoms with Crippen LogP contribution < -0.4 is 4.74 Å². The van der Waals surface area contributed by atoms with E-state index >= 15 is 0 Å². The van der Waals surface area contributed by atoms with E-state index in [1.165, 1.54) is 0 Å². The Kier molecular flexibility index (Phi) is 3.85. The van der Waals surface area contributed by atoms with Crippen molar-refractivity contribution >= 4 is 5.65 Å². The zero-order valence-corrected chi connectivity index (χ0v) is 10.7. The first kappa shape index (κ1) is 12.3. The molecule has 7 heteroatoms. The van der Waals surface area contributed by atoms with Crippen molar-refractivity contribution in [1.82, 2.24) is 24.7 Å². The summed E-state index contributed by atoms with van der Waals surface area (Å²) in [5.41, 5.74) is 0.723. The molecule has 0 amide bonds. The molecule has 0 atom stereocenters. The minimum Gasteiger partial charge on any atom is -0.477 e. The zero-order chi connectivity index (χ0) is 12.9. The summed E-state index contributed by atoms with van der Waals surface area (Å²) in [4.78, 5) is 2.39. The van der Waals surface area contributed by atoms with Crippen LogP contribution in [0.15, 0.2) is 18.5 Å². The van der Waals surface area contributed by atoms with E-state index < -0.39 is 0 Å². The number of rotatable bonds is 5. The van der Waals surface area contributed by atoms with Crippen molar-refractivity contribution in [3.05, 3.63) is 18.5 Å². The molecule has 2 aromatic heterocycles. The Morgan fingerprint density at radius 1 is 1.26 bits per heavy atom. The Morgan fingerprint density at radius 2 is 2.16 bits per heavy atom. The van der Waals surface area contributed by atoms with E-state index in [4.69, 9.17) is 9.47 Å². The fourth-order valence-corrected chi connectivity index (χ4v) is 2.08. The molecular weight excluding hydrogens is 246 g/mol. The molecule has 1 saturated heterocycles. The number of morpholine rings is 1. The van der Waals surface area contributed by atoms with Gasteiger partial charge in [0.25, 0.3) is 0 Å². The van der Waals surface area contributed by atoms with Gasteiger partial charge in [-0.2, -0.15) is 4.52 Å². The number of fused-ring (bicyclic) bond motifs is 1. The predicted molar refractivity (Wildman–Crippen MR) is 68.2 cm³/mol. The third kappa shape index (κ3) is 3.18. The lowest BCUT2D eigenvalue weighted by Gasteiger charge is -2.26. The molecule has 3 rings (SSSR count). The highest BCUT2D eigenvalue weighted by Crippen LogP contribution is 2.07. The van der Waals surface area contributed by atoms with E-state index in [9.17, 15) is 0 Å². The standard InChI is InChI=1S/C12H17N5O2/c1(4-16-5-8-18-9-6-16)7-19-12-3-2-11-14-13-10-17(11)15-12/h2-3,10H,1,4-9H2. The number of aromatic nitrogens is 4. The molecule has 0 bridgehead atoms. The molecule has 2 aromatic rings. The lowest BCUT2D eigenvalue weighted by molar-refractivity contribution is 0.0357. The summed E-state index contributed by atoms with van der Waals surface area (Å²) in [6, 6.07) is 3.66. The number of hydrogen-bond donors (Lipinski definition) is 0. The molecular formula is C12H17N5O2. The predicted octanol–water partition coefficient (Wildman–Crippen LogP) is 0.225. The fourth-order valence-electron chi connectivity index (χ4n) is 2.08. The molecule has 1 fully saturated rings. The van der Waals surface area contributed by atoms with Crippen molar-refractivity contribution in [2.75, 3.05) is 39.5 Å². The molecule has 0 spiro atoms. The first-order valence-corrected chi connectivity index (χ1v) is 6.52. The topological polar surface area (TPSA) is 64.8 Å². The summed E-state index contributed by atoms with van der Waals surface area (Å²) in [5, 5.41) is 11.9. The van der Waals surface area contributed by atoms with Gasteiger partial charge in [0.15, 0.2) is 5.65 Å². The molecule has 7 nitrogen and oxygen atoms in total. The molecule has 0 aliphatic carbocycles. The lowest BCUT2D eigenvalue weighted by Crippen LogP contribution is -2.37. The van der Waals surface area contributed by atoms with Crippen LogP contribution in [-0.4, -0.2) is 64.2 Å². The first-order chi connectivity index (χ1) is 9.42. The summed E-state index contributed by atoms with van der Waals surface area (Å²) in [6.45, 7) is 5.42. The molecule has 1 aliphatic heterocycles. The summed E-state index contributed by atoms with van der Waals surface area (Å²) in [7, 11) is 0. The summed E-state index contributed by atoms with van der Waals surface area (Å²) < 4.78 is 12.5. The summed E-state index contributed by atoms with van der Waals surface area (Å²) in [5.74, 6) is 0.606. The quantitative estimate of drug-likeness (QED) is 0.719. The van der Waals surface area contributed by atoms with Gasteiger partial charge in [0.05, 0.1) is 19.8 Å². The Hall–Kier alpha value is -1.73. The maximum absolute atomic E-state index is 5.63. The molecule has 19 heavy (non-hydrogen) atoms. The molecule has 102 valence electrons. The van der Waals surface area contributed by atoms with E-state index in [0.717, 1.165) is 44.9 Å². The van der Waals surface area contributed by atoms with Crippen LogP contribution in [0.2, 0.25) is 0 Å². The third-order valence-electron chi connectivity index (χ3n) is 3.11. The molecule has 0 N–H and O–H groups in total. The van der Waals surface area contributed by atoms with Crippen molar-refractivity contribution in [3.8, 4) is 5.88 Å². The van der Waals surface area contributed by atoms with Gasteiger partial charge >= 0.3 is 0 Å². The second-order valence-corrected chi connectivity index (χ2v) is 4.46. The van der Waals surface area contributed by atoms with Crippen LogP contribution in [0.4, 0.5) is 0 Å². The Bertz CT molecular complexity index is 524. The van der Waals surface area contributed by atoms with Gasteiger partial charge in [0.2, 0.25) is 5.88 Å². The van der Waals surface area contributed by atoms with E-state index in [0.29, 0.717) is 12.5 Å². The largest absolute Gasteiger partial charge is 0.477 e. The van der Waals surface area contributed by atoms with Gasteiger partial charge in [0, 0.05) is 25.7 Å². The lowest BCUT2D eigenvalue weighted by atomic mass is 10.3. The summed E-state index contributed by atoms with van der Waals surface area (Å²) >= 11 is 0. The van der Waals surface area contributed by atoms with Crippen molar-refractivity contribution in [1.29, 1.82) is 0 Å². The average Bonchev–Trinajstić information content (AvgIpc) is 2.92. The van der Waals surface area contributed by atoms with Gasteiger partial charge in [-0.25, -0.2) is 0 Å². The van der Waals surface area contributed by atoms with E-state index in [1.807, 2.05) is 12.1 Å². The van der Waals surface area contributed by atoms with Gasteiger partial charge < -0.3 is 9.47 Å². The van der Waals surface area contributed by atoms with Gasteiger partial charge in [-0.15, -0.1) is 15.3 Å². The molecule has 0 saturated carbocycles. The SMILES string of the molecule is c1cc2nncn2nc1OCCCN1CCOCC1. The maximum atomic E-state index is 5.63. The molecule has 1 aliphatic rings. The monoisotopic (exact) mass is 263 g/mol. The van der Waals surface area contributed by atoms with Crippen LogP contribution >= 0.6 is 0 Å². The van der Waals surface area contributed by atoms with E-state index in [-0.39, 0.29) is 0 Å². The second kappa shape index (κ2) is 5.94. The van der Waals surface area contributed by atoms with Gasteiger partial charge in [-0.1, -0.05) is 0 Å². The van der Waals surface area contributed by atoms with E-state index in [2.05, 4.69) is 20.2 Å². The maximum Gasteiger partial charge on any atom is 0.231 e. The molecule has 0 aromatic carbocycles. The minimum absolute atomic E-state index is 0.606. The van der Waals surface area contributed by atoms with Crippen molar-refractivity contribution in [2.24, 2.45) is 0 Å². The first-order valence-electron chi connectivity index (χ1n) is 6.52. The van der Waals surface area contributed by atoms with Crippen molar-refractivity contribution in [2.45, 2.75) is 6.42 Å². The van der Waals surface area contributed by atoms with E-state index in [1.54, 1.807) is 10.8 Å². The van der Waals surface area contributed by atoms with Crippen molar-refractivity contribution < 1.29 is 9.47 Å². The highest BCUT2D eigenvalue weighted by molar-refractivity contribution is 5.35. The number of nitrogens with zero attached hydrogens (tertiary/aromatic N) is 5. The smallest absolute Gasteiger partial charge is 0.231 e. The fraction of sp³-hybridized carbons (Fsp3) is 0.583. The zero-order valence-electron chi connectivity index (χ0n) is 10.7. The van der Waals surface area contributed by atoms with Gasteiger partial charge in [-0.05, 0) is 12.5 Å². The van der Waals surface area contributed by atoms with Crippen molar-refractivity contribution in [3.63, 3.8) is 0 Å². The van der Waals surface area contributed by atoms with Crippen LogP contribution in [0.3, 0.4) is 0 Å². The van der Waals surface area contributed by atoms with Crippen LogP contribution in [0.1, 0.15) is 6.42 Å². The van der Waals surface area contributed by atoms with Crippen LogP contribution in [0, 0.1) is 0 Å². The highest BCUT2D eigenvalue weighted by Gasteiger charge is 2.09. The number of hydrogen-bond acceptors (Lipinski definition) is 6. The molecule has 3 heterocycles. The Balaban J connectivity index is 1.43. The Labute approximate surface area is 111 Å². The van der Waals surface area contributed by atoms with Crippen LogP contribution in [0.5, 0.6) is 5.88 Å². The number of ether oxygens (including phenoxy) is 2. The second-order valence-electron chi connectivity index (χ2n) is 4.46. The summed E-state index contributed by atoms with van der Waals surface area (Å²) in [6.07, 6.45) is 2.55. The van der Waals surface area contributed by atoms with Gasteiger partial charge in [-0.3, -0.25) is 4.90 Å². The Morgan fingerprint density at radius 3 is 3.05 bits per heavy atom. The molecule has 0 radical (unpaired) electrons. The van der Waals surface area contributed by atoms with Crippen LogP contribution in [0.25, 0.3) is 5.65 Å². The van der Waals surface area contributed by atoms with Gasteiger partial charge in [0.1, 0.15) is 6.33 Å².